The van der Waals surface area contributed by atoms with E-state index in [-0.39, 0.29) is 11.8 Å². The molecule has 1 saturated carbocycles. The number of pyridine rings is 1. The van der Waals surface area contributed by atoms with Crippen molar-refractivity contribution in [2.24, 2.45) is 5.92 Å². The van der Waals surface area contributed by atoms with Crippen molar-refractivity contribution in [2.75, 3.05) is 6.61 Å². The molecule has 1 aromatic rings. The van der Waals surface area contributed by atoms with E-state index in [9.17, 15) is 10.1 Å². The van der Waals surface area contributed by atoms with Gasteiger partial charge in [-0.1, -0.05) is 97.3 Å². The highest BCUT2D eigenvalue weighted by molar-refractivity contribution is 5.88. The molecule has 1 fully saturated rings. The van der Waals surface area contributed by atoms with E-state index in [1.165, 1.54) is 89.3 Å². The van der Waals surface area contributed by atoms with Crippen molar-refractivity contribution in [3.05, 3.63) is 23.5 Å². The topological polar surface area (TPSA) is 72.2 Å². The summed E-state index contributed by atoms with van der Waals surface area (Å²) >= 11 is 0. The van der Waals surface area contributed by atoms with Gasteiger partial charge in [0.15, 0.2) is 5.75 Å². The lowest BCUT2D eigenvalue weighted by Gasteiger charge is -2.28. The summed E-state index contributed by atoms with van der Waals surface area (Å²) in [6.07, 6.45) is 23.4. The van der Waals surface area contributed by atoms with Crippen molar-refractivity contribution >= 4 is 5.97 Å². The van der Waals surface area contributed by atoms with Crippen LogP contribution in [0.15, 0.2) is 12.3 Å². The van der Waals surface area contributed by atoms with E-state index >= 15 is 0 Å². The van der Waals surface area contributed by atoms with Gasteiger partial charge >= 0.3 is 5.97 Å². The SMILES string of the molecule is CCCCCCCCCCOc1cnc(C(=O)OC2CCC(CCCCCCC)CC2)cc1C#N. The van der Waals surface area contributed by atoms with Crippen molar-refractivity contribution in [1.82, 2.24) is 4.98 Å². The molecule has 0 unspecified atom stereocenters. The average molecular weight is 485 g/mol. The van der Waals surface area contributed by atoms with Crippen molar-refractivity contribution in [2.45, 2.75) is 136 Å². The normalized spacial score (nSPS) is 17.6. The predicted octanol–water partition coefficient (Wildman–Crippen LogP) is 8.55. The van der Waals surface area contributed by atoms with Gasteiger partial charge in [-0.15, -0.1) is 0 Å². The monoisotopic (exact) mass is 484 g/mol. The first-order chi connectivity index (χ1) is 17.2. The van der Waals surface area contributed by atoms with Crippen LogP contribution in [0.25, 0.3) is 0 Å². The zero-order valence-corrected chi connectivity index (χ0v) is 22.4. The number of hydrogen-bond donors (Lipinski definition) is 0. The molecule has 35 heavy (non-hydrogen) atoms. The maximum atomic E-state index is 12.6. The lowest BCUT2D eigenvalue weighted by molar-refractivity contribution is 0.0154. The molecule has 0 N–H and O–H groups in total. The zero-order chi connectivity index (χ0) is 25.1. The van der Waals surface area contributed by atoms with Gasteiger partial charge in [-0.05, 0) is 44.1 Å². The van der Waals surface area contributed by atoms with Gasteiger partial charge in [0.1, 0.15) is 17.9 Å². The Hall–Kier alpha value is -2.09. The molecule has 0 atom stereocenters. The molecule has 1 aliphatic rings. The number of hydrogen-bond acceptors (Lipinski definition) is 5. The minimum absolute atomic E-state index is 0.0379. The third-order valence-corrected chi connectivity index (χ3v) is 7.24. The summed E-state index contributed by atoms with van der Waals surface area (Å²) in [6, 6.07) is 3.65. The van der Waals surface area contributed by atoms with Crippen LogP contribution in [-0.2, 0) is 4.74 Å². The molecule has 0 aromatic carbocycles. The molecular formula is C30H48N2O3. The van der Waals surface area contributed by atoms with Gasteiger partial charge < -0.3 is 9.47 Å². The number of ether oxygens (including phenoxy) is 2. The van der Waals surface area contributed by atoms with E-state index < -0.39 is 5.97 Å². The first kappa shape index (κ1) is 29.1. The Balaban J connectivity index is 1.67. The van der Waals surface area contributed by atoms with Crippen LogP contribution in [0.5, 0.6) is 5.75 Å². The largest absolute Gasteiger partial charge is 0.491 e. The number of rotatable bonds is 18. The molecule has 0 amide bonds. The van der Waals surface area contributed by atoms with Gasteiger partial charge in [0.05, 0.1) is 18.4 Å². The van der Waals surface area contributed by atoms with Gasteiger partial charge in [0.2, 0.25) is 0 Å². The summed E-state index contributed by atoms with van der Waals surface area (Å²) in [7, 11) is 0. The summed E-state index contributed by atoms with van der Waals surface area (Å²) in [4.78, 5) is 16.9. The van der Waals surface area contributed by atoms with Crippen LogP contribution >= 0.6 is 0 Å². The van der Waals surface area contributed by atoms with Crippen molar-refractivity contribution < 1.29 is 14.3 Å². The fraction of sp³-hybridized carbons (Fsp3) is 0.767. The van der Waals surface area contributed by atoms with Crippen LogP contribution < -0.4 is 4.74 Å². The maximum Gasteiger partial charge on any atom is 0.357 e. The smallest absolute Gasteiger partial charge is 0.357 e. The average Bonchev–Trinajstić information content (AvgIpc) is 2.88. The van der Waals surface area contributed by atoms with Crippen LogP contribution in [-0.4, -0.2) is 23.7 Å². The lowest BCUT2D eigenvalue weighted by Crippen LogP contribution is -2.25. The van der Waals surface area contributed by atoms with E-state index in [1.807, 2.05) is 0 Å². The van der Waals surface area contributed by atoms with Gasteiger partial charge in [-0.25, -0.2) is 9.78 Å². The molecule has 0 saturated heterocycles. The molecule has 0 spiro atoms. The minimum Gasteiger partial charge on any atom is -0.491 e. The molecule has 0 aliphatic heterocycles. The first-order valence-corrected chi connectivity index (χ1v) is 14.4. The Morgan fingerprint density at radius 1 is 0.914 bits per heavy atom. The second kappa shape index (κ2) is 18.2. The Morgan fingerprint density at radius 2 is 1.51 bits per heavy atom. The van der Waals surface area contributed by atoms with Gasteiger partial charge in [0.25, 0.3) is 0 Å². The molecule has 0 radical (unpaired) electrons. The first-order valence-electron chi connectivity index (χ1n) is 14.4. The number of nitriles is 1. The molecule has 1 aliphatic carbocycles. The van der Waals surface area contributed by atoms with E-state index in [2.05, 4.69) is 24.9 Å². The van der Waals surface area contributed by atoms with Crippen LogP contribution in [0.3, 0.4) is 0 Å². The molecule has 2 rings (SSSR count). The van der Waals surface area contributed by atoms with Gasteiger partial charge in [-0.2, -0.15) is 5.26 Å². The highest BCUT2D eigenvalue weighted by Gasteiger charge is 2.25. The van der Waals surface area contributed by atoms with E-state index in [0.717, 1.165) is 44.4 Å². The second-order valence-electron chi connectivity index (χ2n) is 10.3. The summed E-state index contributed by atoms with van der Waals surface area (Å²) in [5.41, 5.74) is 0.539. The highest BCUT2D eigenvalue weighted by atomic mass is 16.5. The molecule has 1 heterocycles. The standard InChI is InChI=1S/C30H48N2O3/c1-3-5-7-9-10-11-13-15-21-34-29-24-32-28(22-26(29)23-31)30(33)35-27-19-17-25(18-20-27)16-14-12-8-6-4-2/h22,24-25,27H,3-21H2,1-2H3. The third kappa shape index (κ3) is 11.9. The van der Waals surface area contributed by atoms with E-state index in [0.29, 0.717) is 17.9 Å². The molecular weight excluding hydrogens is 436 g/mol. The van der Waals surface area contributed by atoms with Crippen molar-refractivity contribution in [3.8, 4) is 11.8 Å². The number of aromatic nitrogens is 1. The van der Waals surface area contributed by atoms with Gasteiger partial charge in [-0.3, -0.25) is 0 Å². The molecule has 196 valence electrons. The summed E-state index contributed by atoms with van der Waals surface area (Å²) in [5, 5.41) is 9.53. The third-order valence-electron chi connectivity index (χ3n) is 7.24. The quantitative estimate of drug-likeness (QED) is 0.154. The summed E-state index contributed by atoms with van der Waals surface area (Å²) in [6.45, 7) is 5.05. The summed E-state index contributed by atoms with van der Waals surface area (Å²) < 4.78 is 11.5. The molecule has 1 aromatic heterocycles. The Morgan fingerprint density at radius 3 is 2.14 bits per heavy atom. The Bertz CT molecular complexity index is 750. The van der Waals surface area contributed by atoms with Crippen LogP contribution in [0.1, 0.15) is 145 Å². The second-order valence-corrected chi connectivity index (χ2v) is 10.3. The fourth-order valence-corrected chi connectivity index (χ4v) is 4.96. The van der Waals surface area contributed by atoms with Gasteiger partial charge in [0, 0.05) is 0 Å². The lowest BCUT2D eigenvalue weighted by atomic mass is 9.84. The minimum atomic E-state index is -0.431. The predicted molar refractivity (Wildman–Crippen MR) is 142 cm³/mol. The number of carbonyl (C=O) groups is 1. The van der Waals surface area contributed by atoms with Crippen molar-refractivity contribution in [3.63, 3.8) is 0 Å². The van der Waals surface area contributed by atoms with Crippen LogP contribution in [0.4, 0.5) is 0 Å². The number of esters is 1. The molecule has 5 heteroatoms. The van der Waals surface area contributed by atoms with Crippen LogP contribution in [0.2, 0.25) is 0 Å². The number of nitrogens with zero attached hydrogens (tertiary/aromatic N) is 2. The van der Waals surface area contributed by atoms with E-state index in [1.54, 1.807) is 0 Å². The van der Waals surface area contributed by atoms with Crippen LogP contribution in [0, 0.1) is 17.2 Å². The Labute approximate surface area is 214 Å². The fourth-order valence-electron chi connectivity index (χ4n) is 4.96. The number of unbranched alkanes of at least 4 members (excludes halogenated alkanes) is 11. The van der Waals surface area contributed by atoms with Crippen molar-refractivity contribution in [1.29, 1.82) is 5.26 Å². The maximum absolute atomic E-state index is 12.6. The van der Waals surface area contributed by atoms with E-state index in [4.69, 9.17) is 9.47 Å². The highest BCUT2D eigenvalue weighted by Crippen LogP contribution is 2.30. The molecule has 0 bridgehead atoms. The Kier molecular flexibility index (Phi) is 15.2. The number of carbonyl (C=O) groups excluding carboxylic acids is 1. The molecule has 5 nitrogen and oxygen atoms in total. The summed E-state index contributed by atoms with van der Waals surface area (Å²) in [5.74, 6) is 0.790. The zero-order valence-electron chi connectivity index (χ0n) is 22.4.